The van der Waals surface area contributed by atoms with Crippen molar-refractivity contribution in [3.05, 3.63) is 65.5 Å². The molecule has 0 saturated carbocycles. The van der Waals surface area contributed by atoms with E-state index < -0.39 is 0 Å². The first-order valence-electron chi connectivity index (χ1n) is 7.56. The Bertz CT molecular complexity index is 522. The number of aryl methyl sites for hydroxylation is 1. The number of rotatable bonds is 7. The van der Waals surface area contributed by atoms with Crippen LogP contribution in [0.4, 0.5) is 0 Å². The second-order valence-electron chi connectivity index (χ2n) is 5.68. The Labute approximate surface area is 127 Å². The summed E-state index contributed by atoms with van der Waals surface area (Å²) >= 11 is 0. The van der Waals surface area contributed by atoms with E-state index in [1.54, 1.807) is 0 Å². The Morgan fingerprint density at radius 3 is 2.52 bits per heavy atom. The molecule has 1 aromatic carbocycles. The van der Waals surface area contributed by atoms with Crippen molar-refractivity contribution in [1.29, 1.82) is 0 Å². The fraction of sp³-hybridized carbons (Fsp3) is 0.389. The third-order valence-corrected chi connectivity index (χ3v) is 3.80. The molecule has 0 amide bonds. The van der Waals surface area contributed by atoms with Crippen molar-refractivity contribution in [3.8, 4) is 0 Å². The minimum Gasteiger partial charge on any atom is -0.324 e. The van der Waals surface area contributed by atoms with Crippen molar-refractivity contribution < 1.29 is 0 Å². The van der Waals surface area contributed by atoms with E-state index in [9.17, 15) is 0 Å². The molecule has 21 heavy (non-hydrogen) atoms. The van der Waals surface area contributed by atoms with Crippen LogP contribution in [0.2, 0.25) is 0 Å². The number of nitrogens with two attached hydrogens (primary N) is 1. The number of benzene rings is 1. The van der Waals surface area contributed by atoms with Crippen molar-refractivity contribution in [2.45, 2.75) is 25.8 Å². The lowest BCUT2D eigenvalue weighted by Crippen LogP contribution is -2.26. The van der Waals surface area contributed by atoms with Gasteiger partial charge in [0, 0.05) is 30.9 Å². The molecule has 112 valence electrons. The van der Waals surface area contributed by atoms with Crippen LogP contribution >= 0.6 is 0 Å². The van der Waals surface area contributed by atoms with Crippen molar-refractivity contribution in [2.24, 2.45) is 5.73 Å². The molecule has 0 aliphatic heterocycles. The Balaban J connectivity index is 1.73. The van der Waals surface area contributed by atoms with E-state index in [2.05, 4.69) is 54.2 Å². The highest BCUT2D eigenvalue weighted by Crippen LogP contribution is 2.15. The van der Waals surface area contributed by atoms with Gasteiger partial charge in [0.15, 0.2) is 0 Å². The zero-order valence-corrected chi connectivity index (χ0v) is 13.0. The summed E-state index contributed by atoms with van der Waals surface area (Å²) in [5.41, 5.74) is 9.90. The smallest absolute Gasteiger partial charge is 0.0416 e. The molecular formula is C18H25N3. The molecular weight excluding hydrogens is 258 g/mol. The Morgan fingerprint density at radius 2 is 1.86 bits per heavy atom. The number of hydrogen-bond acceptors (Lipinski definition) is 3. The van der Waals surface area contributed by atoms with Gasteiger partial charge in [0.05, 0.1) is 0 Å². The average molecular weight is 283 g/mol. The summed E-state index contributed by atoms with van der Waals surface area (Å²) in [4.78, 5) is 6.67. The molecule has 1 atom stereocenters. The quantitative estimate of drug-likeness (QED) is 0.849. The molecule has 0 bridgehead atoms. The summed E-state index contributed by atoms with van der Waals surface area (Å²) < 4.78 is 0. The van der Waals surface area contributed by atoms with E-state index in [0.717, 1.165) is 31.6 Å². The third kappa shape index (κ3) is 5.29. The van der Waals surface area contributed by atoms with Gasteiger partial charge in [0.25, 0.3) is 0 Å². The normalized spacial score (nSPS) is 12.6. The van der Waals surface area contributed by atoms with Crippen LogP contribution in [0.5, 0.6) is 0 Å². The van der Waals surface area contributed by atoms with Gasteiger partial charge >= 0.3 is 0 Å². The summed E-state index contributed by atoms with van der Waals surface area (Å²) in [7, 11) is 2.14. The van der Waals surface area contributed by atoms with Gasteiger partial charge in [0.2, 0.25) is 0 Å². The van der Waals surface area contributed by atoms with Crippen molar-refractivity contribution in [1.82, 2.24) is 9.88 Å². The molecule has 2 rings (SSSR count). The van der Waals surface area contributed by atoms with Crippen LogP contribution in [0.1, 0.15) is 29.3 Å². The summed E-state index contributed by atoms with van der Waals surface area (Å²) in [6, 6.07) is 14.7. The Hall–Kier alpha value is -1.71. The molecule has 3 heteroatoms. The minimum atomic E-state index is 0.114. The van der Waals surface area contributed by atoms with Crippen LogP contribution in [0.25, 0.3) is 0 Å². The van der Waals surface area contributed by atoms with Gasteiger partial charge in [-0.05, 0) is 44.6 Å². The lowest BCUT2D eigenvalue weighted by Gasteiger charge is -2.19. The lowest BCUT2D eigenvalue weighted by molar-refractivity contribution is 0.321. The zero-order valence-electron chi connectivity index (χ0n) is 13.0. The molecule has 0 spiro atoms. The molecule has 0 aliphatic carbocycles. The summed E-state index contributed by atoms with van der Waals surface area (Å²) in [6.45, 7) is 4.11. The minimum absolute atomic E-state index is 0.114. The van der Waals surface area contributed by atoms with Gasteiger partial charge in [0.1, 0.15) is 0 Å². The predicted octanol–water partition coefficient (Wildman–Crippen LogP) is 2.95. The summed E-state index contributed by atoms with van der Waals surface area (Å²) in [5.74, 6) is 0. The molecule has 1 unspecified atom stereocenters. The number of pyridine rings is 1. The maximum Gasteiger partial charge on any atom is 0.0416 e. The molecule has 0 aliphatic rings. The lowest BCUT2D eigenvalue weighted by atomic mass is 10.0. The van der Waals surface area contributed by atoms with Crippen LogP contribution in [0, 0.1) is 6.92 Å². The second-order valence-corrected chi connectivity index (χ2v) is 5.68. The highest BCUT2D eigenvalue weighted by molar-refractivity contribution is 5.23. The fourth-order valence-electron chi connectivity index (χ4n) is 2.30. The SMILES string of the molecule is Cc1ccc(C(N)CCN(C)CCc2ccccn2)cc1. The van der Waals surface area contributed by atoms with Crippen molar-refractivity contribution in [2.75, 3.05) is 20.1 Å². The van der Waals surface area contributed by atoms with E-state index >= 15 is 0 Å². The van der Waals surface area contributed by atoms with Crippen molar-refractivity contribution >= 4 is 0 Å². The number of aromatic nitrogens is 1. The molecule has 2 N–H and O–H groups in total. The van der Waals surface area contributed by atoms with Gasteiger partial charge in [-0.25, -0.2) is 0 Å². The average Bonchev–Trinajstić information content (AvgIpc) is 2.52. The molecule has 0 saturated heterocycles. The first-order valence-corrected chi connectivity index (χ1v) is 7.56. The molecule has 2 aromatic rings. The largest absolute Gasteiger partial charge is 0.324 e. The monoisotopic (exact) mass is 283 g/mol. The van der Waals surface area contributed by atoms with Crippen LogP contribution in [-0.2, 0) is 6.42 Å². The van der Waals surface area contributed by atoms with Crippen molar-refractivity contribution in [3.63, 3.8) is 0 Å². The summed E-state index contributed by atoms with van der Waals surface area (Å²) in [5, 5.41) is 0. The Kier molecular flexibility index (Phi) is 5.90. The van der Waals surface area contributed by atoms with Gasteiger partial charge in [-0.1, -0.05) is 35.9 Å². The third-order valence-electron chi connectivity index (χ3n) is 3.80. The zero-order chi connectivity index (χ0) is 15.1. The topological polar surface area (TPSA) is 42.1 Å². The number of likely N-dealkylation sites (N-methyl/N-ethyl adjacent to an activating group) is 1. The molecule has 3 nitrogen and oxygen atoms in total. The molecule has 0 radical (unpaired) electrons. The first-order chi connectivity index (χ1) is 10.1. The first kappa shape index (κ1) is 15.7. The van der Waals surface area contributed by atoms with E-state index in [1.807, 2.05) is 18.3 Å². The molecule has 1 heterocycles. The highest BCUT2D eigenvalue weighted by atomic mass is 15.1. The van der Waals surface area contributed by atoms with Crippen LogP contribution in [0.15, 0.2) is 48.7 Å². The van der Waals surface area contributed by atoms with Crippen LogP contribution < -0.4 is 5.73 Å². The maximum absolute atomic E-state index is 6.26. The standard InChI is InChI=1S/C18H25N3/c1-15-6-8-16(9-7-15)18(19)11-14-21(2)13-10-17-5-3-4-12-20-17/h3-9,12,18H,10-11,13-14,19H2,1-2H3. The van der Waals surface area contributed by atoms with Gasteiger partial charge < -0.3 is 10.6 Å². The van der Waals surface area contributed by atoms with Gasteiger partial charge in [-0.3, -0.25) is 4.98 Å². The number of hydrogen-bond donors (Lipinski definition) is 1. The van der Waals surface area contributed by atoms with Crippen LogP contribution in [0.3, 0.4) is 0 Å². The maximum atomic E-state index is 6.26. The predicted molar refractivity (Wildman–Crippen MR) is 88.2 cm³/mol. The summed E-state index contributed by atoms with van der Waals surface area (Å²) in [6.07, 6.45) is 3.81. The van der Waals surface area contributed by atoms with Crippen LogP contribution in [-0.4, -0.2) is 30.0 Å². The van der Waals surface area contributed by atoms with E-state index in [-0.39, 0.29) is 6.04 Å². The Morgan fingerprint density at radius 1 is 1.10 bits per heavy atom. The van der Waals surface area contributed by atoms with E-state index in [4.69, 9.17) is 5.73 Å². The van der Waals surface area contributed by atoms with E-state index in [1.165, 1.54) is 11.1 Å². The highest BCUT2D eigenvalue weighted by Gasteiger charge is 2.07. The molecule has 0 fully saturated rings. The van der Waals surface area contributed by atoms with Gasteiger partial charge in [-0.2, -0.15) is 0 Å². The number of nitrogens with zero attached hydrogens (tertiary/aromatic N) is 2. The second kappa shape index (κ2) is 7.91. The van der Waals surface area contributed by atoms with Gasteiger partial charge in [-0.15, -0.1) is 0 Å². The fourth-order valence-corrected chi connectivity index (χ4v) is 2.30. The molecule has 1 aromatic heterocycles. The van der Waals surface area contributed by atoms with E-state index in [0.29, 0.717) is 0 Å².